The summed E-state index contributed by atoms with van der Waals surface area (Å²) in [5, 5.41) is 4.18. The van der Waals surface area contributed by atoms with Crippen molar-refractivity contribution >= 4 is 40.5 Å². The third-order valence-corrected chi connectivity index (χ3v) is 5.06. The van der Waals surface area contributed by atoms with Gasteiger partial charge in [-0.05, 0) is 24.3 Å². The summed E-state index contributed by atoms with van der Waals surface area (Å²) in [7, 11) is 0. The van der Waals surface area contributed by atoms with Gasteiger partial charge < -0.3 is 15.1 Å². The SMILES string of the molecule is O=C(CCNc1c(Cl)cccc1Cl)N1CCN(c2ccccc2F)CC1. The average molecular weight is 396 g/mol. The minimum absolute atomic E-state index is 0.0638. The number of para-hydroxylation sites is 2. The van der Waals surface area contributed by atoms with E-state index in [4.69, 9.17) is 23.2 Å². The largest absolute Gasteiger partial charge is 0.382 e. The molecule has 26 heavy (non-hydrogen) atoms. The number of carbonyl (C=O) groups is 1. The molecule has 0 aromatic heterocycles. The van der Waals surface area contributed by atoms with Crippen LogP contribution in [0.2, 0.25) is 10.0 Å². The highest BCUT2D eigenvalue weighted by atomic mass is 35.5. The zero-order valence-corrected chi connectivity index (χ0v) is 15.7. The number of rotatable bonds is 5. The summed E-state index contributed by atoms with van der Waals surface area (Å²) in [5.41, 5.74) is 1.24. The molecule has 0 bridgehead atoms. The quantitative estimate of drug-likeness (QED) is 0.820. The summed E-state index contributed by atoms with van der Waals surface area (Å²) in [6.45, 7) is 2.86. The molecule has 4 nitrogen and oxygen atoms in total. The van der Waals surface area contributed by atoms with Gasteiger partial charge in [-0.25, -0.2) is 4.39 Å². The number of nitrogens with zero attached hydrogens (tertiary/aromatic N) is 2. The Bertz CT molecular complexity index is 759. The molecule has 0 saturated carbocycles. The molecule has 1 saturated heterocycles. The molecule has 1 N–H and O–H groups in total. The molecule has 138 valence electrons. The first-order valence-electron chi connectivity index (χ1n) is 8.51. The topological polar surface area (TPSA) is 35.6 Å². The Morgan fingerprint density at radius 3 is 2.31 bits per heavy atom. The smallest absolute Gasteiger partial charge is 0.224 e. The molecule has 0 spiro atoms. The standard InChI is InChI=1S/C19H20Cl2FN3O/c20-14-4-3-5-15(21)19(14)23-9-8-18(26)25-12-10-24(11-13-25)17-7-2-1-6-16(17)22/h1-7,23H,8-13H2. The minimum Gasteiger partial charge on any atom is -0.382 e. The number of carbonyl (C=O) groups excluding carboxylic acids is 1. The normalized spacial score (nSPS) is 14.4. The van der Waals surface area contributed by atoms with Crippen LogP contribution in [-0.4, -0.2) is 43.5 Å². The van der Waals surface area contributed by atoms with Crippen LogP contribution in [0.1, 0.15) is 6.42 Å². The van der Waals surface area contributed by atoms with Crippen molar-refractivity contribution in [1.82, 2.24) is 4.90 Å². The summed E-state index contributed by atoms with van der Waals surface area (Å²) in [6.07, 6.45) is 0.348. The molecule has 0 aliphatic carbocycles. The van der Waals surface area contributed by atoms with E-state index < -0.39 is 0 Å². The van der Waals surface area contributed by atoms with E-state index in [2.05, 4.69) is 5.32 Å². The van der Waals surface area contributed by atoms with E-state index in [-0.39, 0.29) is 11.7 Å². The highest BCUT2D eigenvalue weighted by molar-refractivity contribution is 6.39. The van der Waals surface area contributed by atoms with Gasteiger partial charge in [0.1, 0.15) is 5.82 Å². The van der Waals surface area contributed by atoms with Crippen molar-refractivity contribution in [3.05, 3.63) is 58.3 Å². The Balaban J connectivity index is 1.47. The van der Waals surface area contributed by atoms with Crippen molar-refractivity contribution in [2.75, 3.05) is 42.9 Å². The maximum absolute atomic E-state index is 13.9. The van der Waals surface area contributed by atoms with Gasteiger partial charge in [0, 0.05) is 39.1 Å². The maximum Gasteiger partial charge on any atom is 0.224 e. The second-order valence-electron chi connectivity index (χ2n) is 6.09. The fraction of sp³-hybridized carbons (Fsp3) is 0.316. The number of nitrogens with one attached hydrogen (secondary N) is 1. The molecule has 0 atom stereocenters. The third-order valence-electron chi connectivity index (χ3n) is 4.43. The molecule has 3 rings (SSSR count). The summed E-state index contributed by atoms with van der Waals surface area (Å²) in [6, 6.07) is 12.0. The molecule has 1 aliphatic heterocycles. The summed E-state index contributed by atoms with van der Waals surface area (Å²) in [4.78, 5) is 16.2. The van der Waals surface area contributed by atoms with E-state index in [0.29, 0.717) is 60.6 Å². The van der Waals surface area contributed by atoms with Crippen LogP contribution in [0, 0.1) is 5.82 Å². The number of halogens is 3. The van der Waals surface area contributed by atoms with Gasteiger partial charge in [-0.15, -0.1) is 0 Å². The fourth-order valence-corrected chi connectivity index (χ4v) is 3.56. The number of hydrogen-bond acceptors (Lipinski definition) is 3. The zero-order chi connectivity index (χ0) is 18.5. The summed E-state index contributed by atoms with van der Waals surface area (Å²) >= 11 is 12.2. The highest BCUT2D eigenvalue weighted by Gasteiger charge is 2.22. The van der Waals surface area contributed by atoms with Gasteiger partial charge in [-0.2, -0.15) is 0 Å². The van der Waals surface area contributed by atoms with Crippen LogP contribution in [-0.2, 0) is 4.79 Å². The van der Waals surface area contributed by atoms with Gasteiger partial charge in [-0.3, -0.25) is 4.79 Å². The predicted molar refractivity (Wildman–Crippen MR) is 105 cm³/mol. The van der Waals surface area contributed by atoms with E-state index in [1.165, 1.54) is 6.07 Å². The fourth-order valence-electron chi connectivity index (χ4n) is 3.02. The van der Waals surface area contributed by atoms with Crippen molar-refractivity contribution in [3.8, 4) is 0 Å². The van der Waals surface area contributed by atoms with Crippen molar-refractivity contribution in [2.45, 2.75) is 6.42 Å². The van der Waals surface area contributed by atoms with Crippen LogP contribution >= 0.6 is 23.2 Å². The summed E-state index contributed by atoms with van der Waals surface area (Å²) < 4.78 is 13.9. The Kier molecular flexibility index (Phi) is 6.22. The molecule has 1 aliphatic rings. The number of amides is 1. The lowest BCUT2D eigenvalue weighted by Gasteiger charge is -2.36. The Morgan fingerprint density at radius 2 is 1.65 bits per heavy atom. The zero-order valence-electron chi connectivity index (χ0n) is 14.2. The van der Waals surface area contributed by atoms with E-state index in [0.717, 1.165) is 0 Å². The van der Waals surface area contributed by atoms with Crippen LogP contribution in [0.4, 0.5) is 15.8 Å². The maximum atomic E-state index is 13.9. The predicted octanol–water partition coefficient (Wildman–Crippen LogP) is 4.28. The third kappa shape index (κ3) is 4.40. The lowest BCUT2D eigenvalue weighted by molar-refractivity contribution is -0.131. The summed E-state index contributed by atoms with van der Waals surface area (Å²) in [5.74, 6) is -0.165. The monoisotopic (exact) mass is 395 g/mol. The second-order valence-corrected chi connectivity index (χ2v) is 6.91. The molecule has 1 fully saturated rings. The first-order valence-corrected chi connectivity index (χ1v) is 9.27. The van der Waals surface area contributed by atoms with E-state index in [1.54, 1.807) is 30.3 Å². The molecular weight excluding hydrogens is 376 g/mol. The van der Waals surface area contributed by atoms with Gasteiger partial charge in [0.2, 0.25) is 5.91 Å². The van der Waals surface area contributed by atoms with Crippen molar-refractivity contribution in [1.29, 1.82) is 0 Å². The molecule has 1 heterocycles. The Morgan fingerprint density at radius 1 is 1.00 bits per heavy atom. The number of hydrogen-bond donors (Lipinski definition) is 1. The first kappa shape index (κ1) is 18.8. The van der Waals surface area contributed by atoms with Crippen LogP contribution in [0.15, 0.2) is 42.5 Å². The van der Waals surface area contributed by atoms with Crippen molar-refractivity contribution < 1.29 is 9.18 Å². The van der Waals surface area contributed by atoms with Crippen LogP contribution < -0.4 is 10.2 Å². The van der Waals surface area contributed by atoms with Gasteiger partial charge in [0.05, 0.1) is 21.4 Å². The van der Waals surface area contributed by atoms with E-state index in [9.17, 15) is 9.18 Å². The molecule has 2 aromatic carbocycles. The molecule has 7 heteroatoms. The van der Waals surface area contributed by atoms with Gasteiger partial charge in [0.15, 0.2) is 0 Å². The average Bonchev–Trinajstić information content (AvgIpc) is 2.64. The Hall–Kier alpha value is -1.98. The van der Waals surface area contributed by atoms with Crippen LogP contribution in [0.3, 0.4) is 0 Å². The van der Waals surface area contributed by atoms with Crippen molar-refractivity contribution in [2.24, 2.45) is 0 Å². The first-order chi connectivity index (χ1) is 12.6. The Labute approximate surface area is 162 Å². The lowest BCUT2D eigenvalue weighted by atomic mass is 10.2. The number of anilines is 2. The van der Waals surface area contributed by atoms with Crippen molar-refractivity contribution in [3.63, 3.8) is 0 Å². The number of benzene rings is 2. The molecule has 0 unspecified atom stereocenters. The van der Waals surface area contributed by atoms with E-state index in [1.807, 2.05) is 15.9 Å². The van der Waals surface area contributed by atoms with Gasteiger partial charge in [0.25, 0.3) is 0 Å². The molecule has 0 radical (unpaired) electrons. The molecular formula is C19H20Cl2FN3O. The van der Waals surface area contributed by atoms with Gasteiger partial charge >= 0.3 is 0 Å². The van der Waals surface area contributed by atoms with Crippen LogP contribution in [0.25, 0.3) is 0 Å². The molecule has 1 amide bonds. The molecule has 2 aromatic rings. The number of piperazine rings is 1. The lowest BCUT2D eigenvalue weighted by Crippen LogP contribution is -2.49. The van der Waals surface area contributed by atoms with Gasteiger partial charge in [-0.1, -0.05) is 41.4 Å². The second kappa shape index (κ2) is 8.60. The van der Waals surface area contributed by atoms with Crippen LogP contribution in [0.5, 0.6) is 0 Å². The minimum atomic E-state index is -0.229. The van der Waals surface area contributed by atoms with E-state index >= 15 is 0 Å². The highest BCUT2D eigenvalue weighted by Crippen LogP contribution is 2.29.